The molecule has 0 aliphatic rings. The lowest BCUT2D eigenvalue weighted by atomic mass is 9.86. The van der Waals surface area contributed by atoms with Gasteiger partial charge >= 0.3 is 0 Å². The van der Waals surface area contributed by atoms with Crippen LogP contribution in [0.5, 0.6) is 0 Å². The number of hydrogen-bond donors (Lipinski definition) is 1. The summed E-state index contributed by atoms with van der Waals surface area (Å²) >= 11 is 0. The zero-order chi connectivity index (χ0) is 16.2. The molecule has 0 fully saturated rings. The van der Waals surface area contributed by atoms with Crippen molar-refractivity contribution in [2.24, 2.45) is 5.92 Å². The molecule has 1 aromatic heterocycles. The zero-order valence-corrected chi connectivity index (χ0v) is 13.6. The molecule has 0 aliphatic heterocycles. The normalized spacial score (nSPS) is 11.3. The van der Waals surface area contributed by atoms with E-state index in [9.17, 15) is 5.26 Å². The van der Waals surface area contributed by atoms with E-state index in [4.69, 9.17) is 0 Å². The lowest BCUT2D eigenvalue weighted by Crippen LogP contribution is -2.13. The Morgan fingerprint density at radius 3 is 2.45 bits per heavy atom. The summed E-state index contributed by atoms with van der Waals surface area (Å²) < 4.78 is 0. The van der Waals surface area contributed by atoms with Crippen LogP contribution in [0.3, 0.4) is 0 Å². The minimum atomic E-state index is -0.478. The highest BCUT2D eigenvalue weighted by Crippen LogP contribution is 2.25. The van der Waals surface area contributed by atoms with Gasteiger partial charge in [0.15, 0.2) is 0 Å². The predicted octanol–water partition coefficient (Wildman–Crippen LogP) is 4.01. The predicted molar refractivity (Wildman–Crippen MR) is 89.4 cm³/mol. The SMILES string of the molecule is CC(C)CNc1cc(-c2ccc(C(C)(C)C#N)cc2)ncn1. The molecule has 0 atom stereocenters. The summed E-state index contributed by atoms with van der Waals surface area (Å²) in [5.74, 6) is 1.39. The van der Waals surface area contributed by atoms with Crippen molar-refractivity contribution in [3.63, 3.8) is 0 Å². The number of nitrogens with zero attached hydrogens (tertiary/aromatic N) is 3. The van der Waals surface area contributed by atoms with Gasteiger partial charge in [-0.05, 0) is 25.3 Å². The monoisotopic (exact) mass is 294 g/mol. The molecule has 114 valence electrons. The first-order valence-electron chi connectivity index (χ1n) is 7.50. The third-order valence-electron chi connectivity index (χ3n) is 3.54. The van der Waals surface area contributed by atoms with Crippen LogP contribution in [-0.2, 0) is 5.41 Å². The van der Waals surface area contributed by atoms with E-state index in [1.807, 2.05) is 44.2 Å². The fraction of sp³-hybridized carbons (Fsp3) is 0.389. The van der Waals surface area contributed by atoms with E-state index in [0.29, 0.717) is 5.92 Å². The average Bonchev–Trinajstić information content (AvgIpc) is 2.53. The number of nitriles is 1. The van der Waals surface area contributed by atoms with E-state index >= 15 is 0 Å². The number of rotatable bonds is 5. The molecule has 0 saturated heterocycles. The standard InChI is InChI=1S/C18H22N4/c1-13(2)10-20-17-9-16(21-12-22-17)14-5-7-15(8-6-14)18(3,4)11-19/h5-9,12-13H,10H2,1-4H3,(H,20,21,22). The van der Waals surface area contributed by atoms with Gasteiger partial charge in [-0.25, -0.2) is 9.97 Å². The Morgan fingerprint density at radius 1 is 1.18 bits per heavy atom. The van der Waals surface area contributed by atoms with Crippen LogP contribution in [-0.4, -0.2) is 16.5 Å². The van der Waals surface area contributed by atoms with Crippen LogP contribution >= 0.6 is 0 Å². The topological polar surface area (TPSA) is 61.6 Å². The molecule has 1 N–H and O–H groups in total. The Bertz CT molecular complexity index is 666. The maximum Gasteiger partial charge on any atom is 0.129 e. The van der Waals surface area contributed by atoms with Gasteiger partial charge < -0.3 is 5.32 Å². The Kier molecular flexibility index (Phi) is 4.77. The molecular weight excluding hydrogens is 272 g/mol. The van der Waals surface area contributed by atoms with E-state index < -0.39 is 5.41 Å². The minimum absolute atomic E-state index is 0.478. The Balaban J connectivity index is 2.22. The molecular formula is C18H22N4. The molecule has 0 saturated carbocycles. The highest BCUT2D eigenvalue weighted by atomic mass is 15.0. The first-order chi connectivity index (χ1) is 10.4. The molecule has 2 aromatic rings. The molecule has 4 nitrogen and oxygen atoms in total. The van der Waals surface area contributed by atoms with Crippen LogP contribution in [0.25, 0.3) is 11.3 Å². The minimum Gasteiger partial charge on any atom is -0.370 e. The Hall–Kier alpha value is -2.41. The smallest absolute Gasteiger partial charge is 0.129 e. The van der Waals surface area contributed by atoms with Crippen molar-refractivity contribution in [1.29, 1.82) is 5.26 Å². The highest BCUT2D eigenvalue weighted by molar-refractivity contribution is 5.62. The number of anilines is 1. The largest absolute Gasteiger partial charge is 0.370 e. The quantitative estimate of drug-likeness (QED) is 0.905. The van der Waals surface area contributed by atoms with Gasteiger partial charge in [-0.2, -0.15) is 5.26 Å². The fourth-order valence-corrected chi connectivity index (χ4v) is 2.04. The maximum absolute atomic E-state index is 9.20. The van der Waals surface area contributed by atoms with Crippen LogP contribution in [0, 0.1) is 17.2 Å². The molecule has 0 amide bonds. The molecule has 0 unspecified atom stereocenters. The van der Waals surface area contributed by atoms with Crippen molar-refractivity contribution in [3.8, 4) is 17.3 Å². The van der Waals surface area contributed by atoms with Crippen LogP contribution in [0.15, 0.2) is 36.7 Å². The fourth-order valence-electron chi connectivity index (χ4n) is 2.04. The molecule has 4 heteroatoms. The van der Waals surface area contributed by atoms with Crippen LogP contribution < -0.4 is 5.32 Å². The number of benzene rings is 1. The summed E-state index contributed by atoms with van der Waals surface area (Å²) in [5, 5.41) is 12.5. The van der Waals surface area contributed by atoms with Crippen molar-refractivity contribution in [2.75, 3.05) is 11.9 Å². The number of hydrogen-bond acceptors (Lipinski definition) is 4. The second kappa shape index (κ2) is 6.57. The first-order valence-corrected chi connectivity index (χ1v) is 7.50. The number of nitrogens with one attached hydrogen (secondary N) is 1. The van der Waals surface area contributed by atoms with E-state index in [-0.39, 0.29) is 0 Å². The molecule has 0 aliphatic carbocycles. The summed E-state index contributed by atoms with van der Waals surface area (Å²) in [4.78, 5) is 8.57. The van der Waals surface area contributed by atoms with Gasteiger partial charge in [0.25, 0.3) is 0 Å². The lowest BCUT2D eigenvalue weighted by molar-refractivity contribution is 0.686. The van der Waals surface area contributed by atoms with E-state index in [1.54, 1.807) is 6.33 Å². The summed E-state index contributed by atoms with van der Waals surface area (Å²) in [6, 6.07) is 12.3. The summed E-state index contributed by atoms with van der Waals surface area (Å²) in [6.07, 6.45) is 1.57. The molecule has 22 heavy (non-hydrogen) atoms. The second-order valence-electron chi connectivity index (χ2n) is 6.38. The third-order valence-corrected chi connectivity index (χ3v) is 3.54. The van der Waals surface area contributed by atoms with Crippen LogP contribution in [0.2, 0.25) is 0 Å². The third kappa shape index (κ3) is 3.82. The van der Waals surface area contributed by atoms with Crippen LogP contribution in [0.4, 0.5) is 5.82 Å². The van der Waals surface area contributed by atoms with Gasteiger partial charge in [0.05, 0.1) is 17.2 Å². The van der Waals surface area contributed by atoms with Crippen LogP contribution in [0.1, 0.15) is 33.3 Å². The Labute approximate surface area is 132 Å². The van der Waals surface area contributed by atoms with Gasteiger partial charge in [0.1, 0.15) is 12.1 Å². The van der Waals surface area contributed by atoms with E-state index in [0.717, 1.165) is 29.2 Å². The van der Waals surface area contributed by atoms with Crippen molar-refractivity contribution in [1.82, 2.24) is 9.97 Å². The molecule has 0 radical (unpaired) electrons. The maximum atomic E-state index is 9.20. The summed E-state index contributed by atoms with van der Waals surface area (Å²) in [6.45, 7) is 9.03. The second-order valence-corrected chi connectivity index (χ2v) is 6.38. The van der Waals surface area contributed by atoms with Crippen molar-refractivity contribution in [2.45, 2.75) is 33.1 Å². The lowest BCUT2D eigenvalue weighted by Gasteiger charge is -2.16. The Morgan fingerprint density at radius 2 is 1.86 bits per heavy atom. The molecule has 1 aromatic carbocycles. The zero-order valence-electron chi connectivity index (χ0n) is 13.6. The molecule has 1 heterocycles. The first kappa shape index (κ1) is 16.0. The van der Waals surface area contributed by atoms with Gasteiger partial charge in [0, 0.05) is 18.2 Å². The molecule has 0 spiro atoms. The van der Waals surface area contributed by atoms with Gasteiger partial charge in [-0.3, -0.25) is 0 Å². The van der Waals surface area contributed by atoms with Crippen molar-refractivity contribution in [3.05, 3.63) is 42.2 Å². The number of aromatic nitrogens is 2. The van der Waals surface area contributed by atoms with Gasteiger partial charge in [-0.15, -0.1) is 0 Å². The van der Waals surface area contributed by atoms with Crippen molar-refractivity contribution < 1.29 is 0 Å². The van der Waals surface area contributed by atoms with Gasteiger partial charge in [0.2, 0.25) is 0 Å². The van der Waals surface area contributed by atoms with E-state index in [1.165, 1.54) is 0 Å². The average molecular weight is 294 g/mol. The van der Waals surface area contributed by atoms with E-state index in [2.05, 4.69) is 35.2 Å². The molecule has 2 rings (SSSR count). The summed E-state index contributed by atoms with van der Waals surface area (Å²) in [5.41, 5.74) is 2.43. The molecule has 0 bridgehead atoms. The van der Waals surface area contributed by atoms with Crippen molar-refractivity contribution >= 4 is 5.82 Å². The van der Waals surface area contributed by atoms with Gasteiger partial charge in [-0.1, -0.05) is 38.1 Å². The summed E-state index contributed by atoms with van der Waals surface area (Å²) in [7, 11) is 0. The highest BCUT2D eigenvalue weighted by Gasteiger charge is 2.19.